The summed E-state index contributed by atoms with van der Waals surface area (Å²) in [7, 11) is 0. The Kier molecular flexibility index (Phi) is 3.58. The summed E-state index contributed by atoms with van der Waals surface area (Å²) in [6.07, 6.45) is 0. The summed E-state index contributed by atoms with van der Waals surface area (Å²) in [6.45, 7) is 4.09. The molecule has 108 valence electrons. The molecule has 1 aromatic heterocycles. The molecule has 0 bridgehead atoms. The van der Waals surface area contributed by atoms with Gasteiger partial charge in [-0.05, 0) is 19.2 Å². The number of fused-ring (bicyclic) bond motifs is 1. The Hall–Kier alpha value is -2.40. The highest BCUT2D eigenvalue weighted by Crippen LogP contribution is 2.33. The van der Waals surface area contributed by atoms with Gasteiger partial charge in [-0.1, -0.05) is 46.7 Å². The van der Waals surface area contributed by atoms with E-state index in [0.717, 1.165) is 27.8 Å². The summed E-state index contributed by atoms with van der Waals surface area (Å²) in [4.78, 5) is 0. The van der Waals surface area contributed by atoms with Crippen LogP contribution in [0.4, 0.5) is 0 Å². The topological polar surface area (TPSA) is 74.2 Å². The molecule has 0 amide bonds. The number of aromatic nitrogens is 2. The lowest BCUT2D eigenvalue weighted by molar-refractivity contribution is 0.270. The Morgan fingerprint density at radius 1 is 1.19 bits per heavy atom. The van der Waals surface area contributed by atoms with E-state index in [-0.39, 0.29) is 6.04 Å². The van der Waals surface area contributed by atoms with E-state index in [2.05, 4.69) is 22.4 Å². The zero-order chi connectivity index (χ0) is 14.8. The maximum atomic E-state index is 6.06. The van der Waals surface area contributed by atoms with E-state index < -0.39 is 0 Å². The molecule has 0 saturated heterocycles. The third kappa shape index (κ3) is 2.60. The van der Waals surface area contributed by atoms with Crippen LogP contribution in [0.1, 0.15) is 29.9 Å². The fourth-order valence-electron chi connectivity index (χ4n) is 2.30. The summed E-state index contributed by atoms with van der Waals surface area (Å²) in [5.41, 5.74) is 8.46. The highest BCUT2D eigenvalue weighted by Gasteiger charge is 2.14. The molecule has 5 heteroatoms. The highest BCUT2D eigenvalue weighted by atomic mass is 16.6. The summed E-state index contributed by atoms with van der Waals surface area (Å²) in [6, 6.07) is 12.0. The Balaban J connectivity index is 2.02. The van der Waals surface area contributed by atoms with Crippen molar-refractivity contribution in [1.82, 2.24) is 10.3 Å². The molecule has 5 nitrogen and oxygen atoms in total. The van der Waals surface area contributed by atoms with Gasteiger partial charge in [0.1, 0.15) is 23.7 Å². The maximum Gasteiger partial charge on any atom is 0.145 e. The molecule has 1 unspecified atom stereocenters. The Labute approximate surface area is 122 Å². The molecule has 21 heavy (non-hydrogen) atoms. The van der Waals surface area contributed by atoms with Crippen molar-refractivity contribution in [3.05, 3.63) is 53.3 Å². The summed E-state index contributed by atoms with van der Waals surface area (Å²) < 4.78 is 10.7. The van der Waals surface area contributed by atoms with Crippen LogP contribution in [-0.2, 0) is 6.61 Å². The van der Waals surface area contributed by atoms with Gasteiger partial charge in [-0.25, -0.2) is 4.63 Å². The minimum Gasteiger partial charge on any atom is -0.486 e. The molecule has 2 N–H and O–H groups in total. The van der Waals surface area contributed by atoms with Gasteiger partial charge in [-0.3, -0.25) is 0 Å². The summed E-state index contributed by atoms with van der Waals surface area (Å²) in [5, 5.41) is 9.76. The number of ether oxygens (including phenoxy) is 1. The van der Waals surface area contributed by atoms with Crippen molar-refractivity contribution in [2.24, 2.45) is 5.73 Å². The van der Waals surface area contributed by atoms with Crippen molar-refractivity contribution in [3.63, 3.8) is 0 Å². The number of benzene rings is 2. The van der Waals surface area contributed by atoms with E-state index in [1.165, 1.54) is 0 Å². The molecule has 1 heterocycles. The largest absolute Gasteiger partial charge is 0.486 e. The fourth-order valence-corrected chi connectivity index (χ4v) is 2.30. The SMILES string of the molecule is Cc1nonc1COc1c(C(C)N)ccc2ccccc12. The molecular formula is C16H17N3O2. The molecule has 1 atom stereocenters. The molecule has 3 rings (SSSR count). The molecule has 0 aliphatic carbocycles. The minimum absolute atomic E-state index is 0.110. The molecule has 0 spiro atoms. The van der Waals surface area contributed by atoms with Gasteiger partial charge in [0, 0.05) is 17.0 Å². The minimum atomic E-state index is -0.110. The van der Waals surface area contributed by atoms with E-state index in [4.69, 9.17) is 15.1 Å². The first-order chi connectivity index (χ1) is 10.2. The van der Waals surface area contributed by atoms with Crippen molar-refractivity contribution < 1.29 is 9.37 Å². The number of nitrogens with zero attached hydrogens (tertiary/aromatic N) is 2. The lowest BCUT2D eigenvalue weighted by atomic mass is 10.0. The molecular weight excluding hydrogens is 266 g/mol. The monoisotopic (exact) mass is 283 g/mol. The van der Waals surface area contributed by atoms with Gasteiger partial charge >= 0.3 is 0 Å². The van der Waals surface area contributed by atoms with Crippen molar-refractivity contribution in [2.75, 3.05) is 0 Å². The van der Waals surface area contributed by atoms with Gasteiger partial charge in [-0.2, -0.15) is 0 Å². The smallest absolute Gasteiger partial charge is 0.145 e. The maximum absolute atomic E-state index is 6.06. The van der Waals surface area contributed by atoms with Gasteiger partial charge in [-0.15, -0.1) is 0 Å². The van der Waals surface area contributed by atoms with Crippen molar-refractivity contribution in [3.8, 4) is 5.75 Å². The molecule has 2 aromatic carbocycles. The predicted octanol–water partition coefficient (Wildman–Crippen LogP) is 3.13. The van der Waals surface area contributed by atoms with Gasteiger partial charge in [0.25, 0.3) is 0 Å². The molecule has 0 radical (unpaired) electrons. The van der Waals surface area contributed by atoms with Crippen LogP contribution < -0.4 is 10.5 Å². The van der Waals surface area contributed by atoms with Crippen LogP contribution in [0.25, 0.3) is 10.8 Å². The molecule has 0 saturated carbocycles. The second kappa shape index (κ2) is 5.54. The summed E-state index contributed by atoms with van der Waals surface area (Å²) in [5.74, 6) is 0.797. The van der Waals surface area contributed by atoms with Crippen LogP contribution in [0.3, 0.4) is 0 Å². The van der Waals surface area contributed by atoms with E-state index in [9.17, 15) is 0 Å². The van der Waals surface area contributed by atoms with Gasteiger partial charge in [0.15, 0.2) is 0 Å². The summed E-state index contributed by atoms with van der Waals surface area (Å²) >= 11 is 0. The first-order valence-electron chi connectivity index (χ1n) is 6.85. The van der Waals surface area contributed by atoms with E-state index in [1.807, 2.05) is 38.1 Å². The number of rotatable bonds is 4. The standard InChI is InChI=1S/C16H17N3O2/c1-10(17)13-8-7-12-5-3-4-6-14(12)16(13)20-9-15-11(2)18-21-19-15/h3-8,10H,9,17H2,1-2H3. The van der Waals surface area contributed by atoms with E-state index >= 15 is 0 Å². The van der Waals surface area contributed by atoms with Crippen LogP contribution in [-0.4, -0.2) is 10.3 Å². The van der Waals surface area contributed by atoms with Crippen LogP contribution >= 0.6 is 0 Å². The van der Waals surface area contributed by atoms with Crippen LogP contribution in [0.15, 0.2) is 41.0 Å². The Morgan fingerprint density at radius 3 is 2.71 bits per heavy atom. The van der Waals surface area contributed by atoms with E-state index in [0.29, 0.717) is 12.3 Å². The fraction of sp³-hybridized carbons (Fsp3) is 0.250. The molecule has 3 aromatic rings. The highest BCUT2D eigenvalue weighted by molar-refractivity contribution is 5.89. The van der Waals surface area contributed by atoms with Crippen LogP contribution in [0.2, 0.25) is 0 Å². The second-order valence-electron chi connectivity index (χ2n) is 5.08. The van der Waals surface area contributed by atoms with Crippen molar-refractivity contribution in [2.45, 2.75) is 26.5 Å². The first kappa shape index (κ1) is 13.6. The molecule has 0 aliphatic heterocycles. The van der Waals surface area contributed by atoms with E-state index in [1.54, 1.807) is 0 Å². The zero-order valence-electron chi connectivity index (χ0n) is 12.0. The average Bonchev–Trinajstić information content (AvgIpc) is 2.89. The second-order valence-corrected chi connectivity index (χ2v) is 5.08. The third-order valence-corrected chi connectivity index (χ3v) is 3.50. The molecule has 0 fully saturated rings. The van der Waals surface area contributed by atoms with Gasteiger partial charge < -0.3 is 10.5 Å². The zero-order valence-corrected chi connectivity index (χ0v) is 12.0. The van der Waals surface area contributed by atoms with Gasteiger partial charge in [0.2, 0.25) is 0 Å². The average molecular weight is 283 g/mol. The number of hydrogen-bond acceptors (Lipinski definition) is 5. The third-order valence-electron chi connectivity index (χ3n) is 3.50. The lowest BCUT2D eigenvalue weighted by Gasteiger charge is -2.16. The number of nitrogens with two attached hydrogens (primary N) is 1. The van der Waals surface area contributed by atoms with Crippen LogP contribution in [0, 0.1) is 6.92 Å². The van der Waals surface area contributed by atoms with Gasteiger partial charge in [0.05, 0.1) is 0 Å². The Morgan fingerprint density at radius 2 is 2.00 bits per heavy atom. The number of aryl methyl sites for hydroxylation is 1. The van der Waals surface area contributed by atoms with Crippen molar-refractivity contribution >= 4 is 10.8 Å². The first-order valence-corrected chi connectivity index (χ1v) is 6.85. The van der Waals surface area contributed by atoms with Crippen LogP contribution in [0.5, 0.6) is 5.75 Å². The molecule has 0 aliphatic rings. The van der Waals surface area contributed by atoms with Crippen molar-refractivity contribution in [1.29, 1.82) is 0 Å². The predicted molar refractivity (Wildman–Crippen MR) is 79.9 cm³/mol. The Bertz CT molecular complexity index is 765. The quantitative estimate of drug-likeness (QED) is 0.796. The lowest BCUT2D eigenvalue weighted by Crippen LogP contribution is -2.09. The number of hydrogen-bond donors (Lipinski definition) is 1. The normalized spacial score (nSPS) is 12.5.